The summed E-state index contributed by atoms with van der Waals surface area (Å²) in [6.45, 7) is 2.85. The molecule has 62 valence electrons. The summed E-state index contributed by atoms with van der Waals surface area (Å²) in [5, 5.41) is 2.87. The van der Waals surface area contributed by atoms with Crippen LogP contribution in [0.1, 0.15) is 26.2 Å². The molecule has 0 unspecified atom stereocenters. The van der Waals surface area contributed by atoms with E-state index in [1.54, 1.807) is 0 Å². The number of carbonyl (C=O) groups excluding carboxylic acids is 1. The minimum atomic E-state index is 0.231. The van der Waals surface area contributed by atoms with Gasteiger partial charge in [0.2, 0.25) is 5.91 Å². The van der Waals surface area contributed by atoms with Crippen LogP contribution >= 0.6 is 0 Å². The van der Waals surface area contributed by atoms with Gasteiger partial charge in [-0.15, -0.1) is 0 Å². The van der Waals surface area contributed by atoms with E-state index in [0.717, 1.165) is 25.8 Å². The van der Waals surface area contributed by atoms with Gasteiger partial charge in [0.1, 0.15) is 0 Å². The van der Waals surface area contributed by atoms with E-state index in [0.29, 0.717) is 0 Å². The largest absolute Gasteiger partial charge is 0.356 e. The molecule has 0 radical (unpaired) electrons. The highest BCUT2D eigenvalue weighted by Crippen LogP contribution is 2.15. The molecular weight excluding hydrogens is 138 g/mol. The maximum absolute atomic E-state index is 11.2. The molecule has 1 amide bonds. The molecule has 0 saturated carbocycles. The number of allylic oxidation sites excluding steroid dienone is 2. The van der Waals surface area contributed by atoms with Gasteiger partial charge in [-0.1, -0.05) is 12.2 Å². The van der Waals surface area contributed by atoms with Crippen LogP contribution < -0.4 is 5.32 Å². The van der Waals surface area contributed by atoms with Gasteiger partial charge in [0, 0.05) is 12.5 Å². The summed E-state index contributed by atoms with van der Waals surface area (Å²) in [4.78, 5) is 11.2. The fourth-order valence-electron chi connectivity index (χ4n) is 1.36. The summed E-state index contributed by atoms with van der Waals surface area (Å²) in [6.07, 6.45) is 7.16. The molecule has 1 aliphatic rings. The molecule has 2 nitrogen and oxygen atoms in total. The Morgan fingerprint density at radius 3 is 3.18 bits per heavy atom. The Bertz CT molecular complexity index is 163. The fraction of sp³-hybridized carbons (Fsp3) is 0.667. The van der Waals surface area contributed by atoms with Crippen LogP contribution in [0.4, 0.5) is 0 Å². The lowest BCUT2D eigenvalue weighted by Crippen LogP contribution is -2.36. The summed E-state index contributed by atoms with van der Waals surface area (Å²) in [5.41, 5.74) is 0. The summed E-state index contributed by atoms with van der Waals surface area (Å²) >= 11 is 0. The third-order valence-electron chi connectivity index (χ3n) is 2.06. The Labute approximate surface area is 67.7 Å². The van der Waals surface area contributed by atoms with Crippen LogP contribution in [0.5, 0.6) is 0 Å². The van der Waals surface area contributed by atoms with Crippen molar-refractivity contribution < 1.29 is 4.79 Å². The zero-order valence-electron chi connectivity index (χ0n) is 6.97. The molecule has 0 aromatic rings. The van der Waals surface area contributed by atoms with Crippen LogP contribution in [0, 0.1) is 5.92 Å². The Morgan fingerprint density at radius 1 is 1.73 bits per heavy atom. The standard InChI is InChI=1S/C9H15NO/c1-2-3-5-8-6-4-7-10-9(8)11/h2-3,8H,4-7H2,1H3,(H,10,11)/b3-2+/t8-/m1/s1. The zero-order chi connectivity index (χ0) is 8.10. The van der Waals surface area contributed by atoms with Crippen molar-refractivity contribution in [1.29, 1.82) is 0 Å². The van der Waals surface area contributed by atoms with Crippen LogP contribution in [0.2, 0.25) is 0 Å². The van der Waals surface area contributed by atoms with Crippen molar-refractivity contribution in [2.45, 2.75) is 26.2 Å². The maximum atomic E-state index is 11.2. The van der Waals surface area contributed by atoms with E-state index in [1.807, 2.05) is 13.0 Å². The van der Waals surface area contributed by atoms with Gasteiger partial charge in [-0.2, -0.15) is 0 Å². The lowest BCUT2D eigenvalue weighted by atomic mass is 9.95. The average molecular weight is 153 g/mol. The molecule has 1 saturated heterocycles. The highest BCUT2D eigenvalue weighted by atomic mass is 16.1. The van der Waals surface area contributed by atoms with Gasteiger partial charge in [0.05, 0.1) is 0 Å². The molecule has 1 N–H and O–H groups in total. The smallest absolute Gasteiger partial charge is 0.223 e. The minimum Gasteiger partial charge on any atom is -0.356 e. The van der Waals surface area contributed by atoms with Crippen LogP contribution in [0.25, 0.3) is 0 Å². The van der Waals surface area contributed by atoms with Gasteiger partial charge in [0.15, 0.2) is 0 Å². The van der Waals surface area contributed by atoms with Crippen LogP contribution in [-0.4, -0.2) is 12.5 Å². The third kappa shape index (κ3) is 2.37. The molecule has 1 atom stereocenters. The van der Waals surface area contributed by atoms with Gasteiger partial charge < -0.3 is 5.32 Å². The second-order valence-corrected chi connectivity index (χ2v) is 2.93. The lowest BCUT2D eigenvalue weighted by Gasteiger charge is -2.20. The van der Waals surface area contributed by atoms with Crippen molar-refractivity contribution in [2.24, 2.45) is 5.92 Å². The average Bonchev–Trinajstić information content (AvgIpc) is 2.03. The normalized spacial score (nSPS) is 25.5. The molecule has 11 heavy (non-hydrogen) atoms. The molecule has 2 heteroatoms. The molecule has 0 aliphatic carbocycles. The number of hydrogen-bond donors (Lipinski definition) is 1. The summed E-state index contributed by atoms with van der Waals surface area (Å²) in [6, 6.07) is 0. The molecule has 0 aromatic heterocycles. The number of hydrogen-bond acceptors (Lipinski definition) is 1. The van der Waals surface area contributed by atoms with Crippen LogP contribution in [0.15, 0.2) is 12.2 Å². The highest BCUT2D eigenvalue weighted by Gasteiger charge is 2.19. The predicted octanol–water partition coefficient (Wildman–Crippen LogP) is 1.48. The Kier molecular flexibility index (Phi) is 3.14. The van der Waals surface area contributed by atoms with E-state index in [4.69, 9.17) is 0 Å². The monoisotopic (exact) mass is 153 g/mol. The van der Waals surface area contributed by atoms with Crippen molar-refractivity contribution >= 4 is 5.91 Å². The van der Waals surface area contributed by atoms with E-state index in [2.05, 4.69) is 11.4 Å². The molecule has 1 aliphatic heterocycles. The topological polar surface area (TPSA) is 29.1 Å². The Hall–Kier alpha value is -0.790. The molecule has 0 bridgehead atoms. The molecule has 1 rings (SSSR count). The first-order chi connectivity index (χ1) is 5.34. The van der Waals surface area contributed by atoms with E-state index < -0.39 is 0 Å². The van der Waals surface area contributed by atoms with Gasteiger partial charge in [0.25, 0.3) is 0 Å². The second kappa shape index (κ2) is 4.16. The number of carbonyl (C=O) groups is 1. The van der Waals surface area contributed by atoms with E-state index >= 15 is 0 Å². The van der Waals surface area contributed by atoms with E-state index in [-0.39, 0.29) is 11.8 Å². The van der Waals surface area contributed by atoms with Gasteiger partial charge >= 0.3 is 0 Å². The number of amides is 1. The van der Waals surface area contributed by atoms with Crippen molar-refractivity contribution in [2.75, 3.05) is 6.54 Å². The van der Waals surface area contributed by atoms with Gasteiger partial charge in [-0.25, -0.2) is 0 Å². The highest BCUT2D eigenvalue weighted by molar-refractivity contribution is 5.79. The van der Waals surface area contributed by atoms with E-state index in [9.17, 15) is 4.79 Å². The van der Waals surface area contributed by atoms with Crippen molar-refractivity contribution in [1.82, 2.24) is 5.32 Å². The quantitative estimate of drug-likeness (QED) is 0.598. The first-order valence-corrected chi connectivity index (χ1v) is 4.23. The van der Waals surface area contributed by atoms with Crippen LogP contribution in [0.3, 0.4) is 0 Å². The fourth-order valence-corrected chi connectivity index (χ4v) is 1.36. The first-order valence-electron chi connectivity index (χ1n) is 4.23. The molecule has 1 heterocycles. The minimum absolute atomic E-state index is 0.231. The number of piperidine rings is 1. The third-order valence-corrected chi connectivity index (χ3v) is 2.06. The van der Waals surface area contributed by atoms with Gasteiger partial charge in [-0.3, -0.25) is 4.79 Å². The molecular formula is C9H15NO. The Balaban J connectivity index is 2.35. The summed E-state index contributed by atoms with van der Waals surface area (Å²) in [5.74, 6) is 0.467. The van der Waals surface area contributed by atoms with Crippen molar-refractivity contribution in [3.63, 3.8) is 0 Å². The van der Waals surface area contributed by atoms with Gasteiger partial charge in [-0.05, 0) is 26.2 Å². The SMILES string of the molecule is C/C=C/C[C@@H]1CCCNC1=O. The first kappa shape index (κ1) is 8.31. The lowest BCUT2D eigenvalue weighted by molar-refractivity contribution is -0.126. The predicted molar refractivity (Wildman–Crippen MR) is 45.2 cm³/mol. The van der Waals surface area contributed by atoms with Crippen molar-refractivity contribution in [3.8, 4) is 0 Å². The number of rotatable bonds is 2. The van der Waals surface area contributed by atoms with Crippen LogP contribution in [-0.2, 0) is 4.79 Å². The summed E-state index contributed by atoms with van der Waals surface area (Å²) in [7, 11) is 0. The Morgan fingerprint density at radius 2 is 2.55 bits per heavy atom. The maximum Gasteiger partial charge on any atom is 0.223 e. The zero-order valence-corrected chi connectivity index (χ0v) is 6.97. The second-order valence-electron chi connectivity index (χ2n) is 2.93. The summed E-state index contributed by atoms with van der Waals surface area (Å²) < 4.78 is 0. The molecule has 0 spiro atoms. The molecule has 1 fully saturated rings. The molecule has 0 aromatic carbocycles. The van der Waals surface area contributed by atoms with Crippen molar-refractivity contribution in [3.05, 3.63) is 12.2 Å². The number of nitrogens with one attached hydrogen (secondary N) is 1. The van der Waals surface area contributed by atoms with E-state index in [1.165, 1.54) is 0 Å².